The molecule has 1 aliphatic rings. The smallest absolute Gasteiger partial charge is 0.246 e. The number of rotatable bonds is 12. The van der Waals surface area contributed by atoms with Crippen LogP contribution in [0.4, 0.5) is 0 Å². The van der Waals surface area contributed by atoms with Crippen LogP contribution in [-0.2, 0) is 26.0 Å². The lowest BCUT2D eigenvalue weighted by Gasteiger charge is -2.45. The van der Waals surface area contributed by atoms with Crippen molar-refractivity contribution in [3.05, 3.63) is 64.7 Å². The van der Waals surface area contributed by atoms with Crippen molar-refractivity contribution in [3.63, 3.8) is 0 Å². The Hall–Kier alpha value is -2.26. The minimum absolute atomic E-state index is 0.0696. The van der Waals surface area contributed by atoms with Crippen LogP contribution in [-0.4, -0.2) is 76.0 Å². The van der Waals surface area contributed by atoms with E-state index in [0.29, 0.717) is 4.90 Å². The van der Waals surface area contributed by atoms with Crippen molar-refractivity contribution in [2.45, 2.75) is 75.8 Å². The van der Waals surface area contributed by atoms with Gasteiger partial charge in [-0.25, -0.2) is 8.42 Å². The van der Waals surface area contributed by atoms with E-state index in [-0.39, 0.29) is 37.2 Å². The summed E-state index contributed by atoms with van der Waals surface area (Å²) in [6, 6.07) is 14.5. The largest absolute Gasteiger partial charge is 0.370 e. The lowest BCUT2D eigenvalue weighted by molar-refractivity contribution is -0.126. The molecular weight excluding hydrogens is 498 g/mol. The van der Waals surface area contributed by atoms with Crippen LogP contribution in [0.1, 0.15) is 54.4 Å². The number of nitrogens with one attached hydrogen (secondary N) is 1. The Morgan fingerprint density at radius 3 is 2.21 bits per heavy atom. The molecule has 0 bridgehead atoms. The summed E-state index contributed by atoms with van der Waals surface area (Å²) in [4.78, 5) is 15.2. The SMILES string of the molecule is Cc1cc(C)c(S(=O)(=O)N(C)CCOCC(=O)NC2CCC(CCc3ccccc3)(N(C)C)CC2)c(C)c1. The maximum absolute atomic E-state index is 13.1. The lowest BCUT2D eigenvalue weighted by Crippen LogP contribution is -2.51. The fourth-order valence-corrected chi connectivity index (χ4v) is 7.28. The van der Waals surface area contributed by atoms with Gasteiger partial charge >= 0.3 is 0 Å². The first-order valence-electron chi connectivity index (χ1n) is 13.6. The average Bonchev–Trinajstić information content (AvgIpc) is 2.86. The molecule has 2 aromatic rings. The Bertz CT molecular complexity index is 1150. The second kappa shape index (κ2) is 13.2. The van der Waals surface area contributed by atoms with Crippen LogP contribution in [0.15, 0.2) is 47.4 Å². The molecule has 3 rings (SSSR count). The Balaban J connectivity index is 1.42. The normalized spacial score (nSPS) is 20.2. The first-order valence-corrected chi connectivity index (χ1v) is 15.0. The van der Waals surface area contributed by atoms with Crippen molar-refractivity contribution < 1.29 is 17.9 Å². The monoisotopic (exact) mass is 543 g/mol. The second-order valence-corrected chi connectivity index (χ2v) is 13.0. The number of carbonyl (C=O) groups excluding carboxylic acids is 1. The van der Waals surface area contributed by atoms with E-state index in [1.54, 1.807) is 7.05 Å². The number of ether oxygens (including phenoxy) is 1. The van der Waals surface area contributed by atoms with E-state index in [2.05, 4.69) is 54.6 Å². The summed E-state index contributed by atoms with van der Waals surface area (Å²) in [6.45, 7) is 5.85. The maximum atomic E-state index is 13.1. The first-order chi connectivity index (χ1) is 17.9. The zero-order valence-corrected chi connectivity index (χ0v) is 24.7. The van der Waals surface area contributed by atoms with Gasteiger partial charge in [0.15, 0.2) is 0 Å². The number of aryl methyl sites for hydroxylation is 4. The molecule has 0 spiro atoms. The number of sulfonamides is 1. The molecule has 7 nitrogen and oxygen atoms in total. The number of nitrogens with zero attached hydrogens (tertiary/aromatic N) is 2. The van der Waals surface area contributed by atoms with E-state index in [4.69, 9.17) is 4.74 Å². The highest BCUT2D eigenvalue weighted by Gasteiger charge is 2.37. The number of carbonyl (C=O) groups is 1. The summed E-state index contributed by atoms with van der Waals surface area (Å²) in [5.41, 5.74) is 4.02. The minimum Gasteiger partial charge on any atom is -0.370 e. The number of amides is 1. The summed E-state index contributed by atoms with van der Waals surface area (Å²) in [7, 11) is 2.24. The Morgan fingerprint density at radius 1 is 1.03 bits per heavy atom. The van der Waals surface area contributed by atoms with E-state index in [1.807, 2.05) is 32.9 Å². The van der Waals surface area contributed by atoms with Crippen molar-refractivity contribution in [2.24, 2.45) is 0 Å². The van der Waals surface area contributed by atoms with Gasteiger partial charge in [0, 0.05) is 25.2 Å². The zero-order valence-electron chi connectivity index (χ0n) is 23.9. The fraction of sp³-hybridized carbons (Fsp3) is 0.567. The molecule has 0 atom stereocenters. The van der Waals surface area contributed by atoms with Crippen molar-refractivity contribution in [3.8, 4) is 0 Å². The van der Waals surface area contributed by atoms with E-state index in [0.717, 1.165) is 55.2 Å². The number of benzene rings is 2. The van der Waals surface area contributed by atoms with Gasteiger partial charge < -0.3 is 15.0 Å². The van der Waals surface area contributed by atoms with E-state index in [1.165, 1.54) is 9.87 Å². The summed E-state index contributed by atoms with van der Waals surface area (Å²) in [5.74, 6) is -0.146. The van der Waals surface area contributed by atoms with Crippen molar-refractivity contribution in [1.82, 2.24) is 14.5 Å². The van der Waals surface area contributed by atoms with Gasteiger partial charge in [-0.2, -0.15) is 4.31 Å². The van der Waals surface area contributed by atoms with E-state index >= 15 is 0 Å². The molecule has 8 heteroatoms. The summed E-state index contributed by atoms with van der Waals surface area (Å²) in [6.07, 6.45) is 6.12. The van der Waals surface area contributed by atoms with E-state index < -0.39 is 10.0 Å². The third kappa shape index (κ3) is 7.65. The van der Waals surface area contributed by atoms with Crippen LogP contribution in [0.25, 0.3) is 0 Å². The second-order valence-electron chi connectivity index (χ2n) is 11.1. The maximum Gasteiger partial charge on any atom is 0.246 e. The molecule has 0 aromatic heterocycles. The standard InChI is InChI=1S/C30H45N3O4S/c1-23-20-24(2)29(25(3)21-23)38(35,36)33(6)18-19-37-22-28(34)31-27-13-16-30(17-14-27,32(4)5)15-12-26-10-8-7-9-11-26/h7-11,20-21,27H,12-19,22H2,1-6H3,(H,31,34). The van der Waals surface area contributed by atoms with Crippen molar-refractivity contribution >= 4 is 15.9 Å². The Labute approximate surface area is 229 Å². The molecule has 1 fully saturated rings. The fourth-order valence-electron chi connectivity index (χ4n) is 5.72. The quantitative estimate of drug-likeness (QED) is 0.405. The molecule has 0 saturated heterocycles. The highest BCUT2D eigenvalue weighted by atomic mass is 32.2. The molecule has 1 amide bonds. The third-order valence-corrected chi connectivity index (χ3v) is 10.2. The summed E-state index contributed by atoms with van der Waals surface area (Å²) >= 11 is 0. The minimum atomic E-state index is -3.63. The number of likely N-dealkylation sites (N-methyl/N-ethyl adjacent to an activating group) is 1. The molecule has 2 aromatic carbocycles. The predicted octanol–water partition coefficient (Wildman–Crippen LogP) is 4.24. The van der Waals surface area contributed by atoms with Gasteiger partial charge in [0.1, 0.15) is 6.61 Å². The van der Waals surface area contributed by atoms with Crippen LogP contribution in [0, 0.1) is 20.8 Å². The summed E-state index contributed by atoms with van der Waals surface area (Å²) in [5, 5.41) is 3.12. The van der Waals surface area contributed by atoms with Crippen molar-refractivity contribution in [1.29, 1.82) is 0 Å². The summed E-state index contributed by atoms with van der Waals surface area (Å²) < 4.78 is 33.0. The first kappa shape index (κ1) is 30.3. The van der Waals surface area contributed by atoms with Crippen LogP contribution < -0.4 is 5.32 Å². The molecule has 0 heterocycles. The number of hydrogen-bond donors (Lipinski definition) is 1. The zero-order chi connectivity index (χ0) is 27.9. The Kier molecular flexibility index (Phi) is 10.5. The molecule has 1 saturated carbocycles. The topological polar surface area (TPSA) is 78.9 Å². The van der Waals surface area contributed by atoms with Gasteiger partial charge in [-0.15, -0.1) is 0 Å². The lowest BCUT2D eigenvalue weighted by atomic mass is 9.75. The van der Waals surface area contributed by atoms with Gasteiger partial charge in [-0.05, 0) is 90.1 Å². The van der Waals surface area contributed by atoms with Crippen LogP contribution in [0.2, 0.25) is 0 Å². The number of hydrogen-bond acceptors (Lipinski definition) is 5. The van der Waals surface area contributed by atoms with Gasteiger partial charge in [-0.1, -0.05) is 48.0 Å². The molecule has 0 unspecified atom stereocenters. The average molecular weight is 544 g/mol. The molecule has 1 aliphatic carbocycles. The van der Waals surface area contributed by atoms with Crippen LogP contribution >= 0.6 is 0 Å². The van der Waals surface area contributed by atoms with Crippen molar-refractivity contribution in [2.75, 3.05) is 40.9 Å². The Morgan fingerprint density at radius 2 is 1.63 bits per heavy atom. The van der Waals surface area contributed by atoms with Gasteiger partial charge in [-0.3, -0.25) is 4.79 Å². The van der Waals surface area contributed by atoms with Gasteiger partial charge in [0.25, 0.3) is 0 Å². The van der Waals surface area contributed by atoms with Gasteiger partial charge in [0.05, 0.1) is 11.5 Å². The van der Waals surface area contributed by atoms with Crippen LogP contribution in [0.3, 0.4) is 0 Å². The van der Waals surface area contributed by atoms with E-state index in [9.17, 15) is 13.2 Å². The highest BCUT2D eigenvalue weighted by molar-refractivity contribution is 7.89. The molecule has 0 radical (unpaired) electrons. The molecule has 1 N–H and O–H groups in total. The molecular formula is C30H45N3O4S. The predicted molar refractivity (Wildman–Crippen MR) is 153 cm³/mol. The molecule has 210 valence electrons. The molecule has 38 heavy (non-hydrogen) atoms. The van der Waals surface area contributed by atoms with Crippen LogP contribution in [0.5, 0.6) is 0 Å². The highest BCUT2D eigenvalue weighted by Crippen LogP contribution is 2.36. The third-order valence-electron chi connectivity index (χ3n) is 8.01. The van der Waals surface area contributed by atoms with Gasteiger partial charge in [0.2, 0.25) is 15.9 Å². The molecule has 0 aliphatic heterocycles.